The number of likely N-dealkylation sites (N-methyl/N-ethyl adjacent to an activating group) is 1. The van der Waals surface area contributed by atoms with Crippen molar-refractivity contribution >= 4 is 10.0 Å². The van der Waals surface area contributed by atoms with Gasteiger partial charge in [-0.05, 0) is 12.1 Å². The lowest BCUT2D eigenvalue weighted by Crippen LogP contribution is -2.44. The number of hydrogen-bond donors (Lipinski definition) is 2. The van der Waals surface area contributed by atoms with Crippen LogP contribution in [0.2, 0.25) is 0 Å². The topological polar surface area (TPSA) is 82.5 Å². The summed E-state index contributed by atoms with van der Waals surface area (Å²) >= 11 is 0. The molecule has 1 aliphatic heterocycles. The van der Waals surface area contributed by atoms with Gasteiger partial charge in [-0.2, -0.15) is 4.31 Å². The lowest BCUT2D eigenvalue weighted by atomic mass is 10.2. The number of halogens is 1. The van der Waals surface area contributed by atoms with Crippen LogP contribution in [0.15, 0.2) is 23.4 Å². The molecule has 2 rings (SSSR count). The molecular weight excluding hydrogens is 261 g/mol. The summed E-state index contributed by atoms with van der Waals surface area (Å²) in [5.74, 6) is -0.898. The Kier molecular flexibility index (Phi) is 3.62. The third-order valence-electron chi connectivity index (χ3n) is 2.97. The van der Waals surface area contributed by atoms with Gasteiger partial charge in [0.25, 0.3) is 10.0 Å². The second kappa shape index (κ2) is 4.88. The maximum atomic E-state index is 13.5. The van der Waals surface area contributed by atoms with Crippen molar-refractivity contribution in [1.82, 2.24) is 14.6 Å². The highest BCUT2D eigenvalue weighted by molar-refractivity contribution is 7.89. The van der Waals surface area contributed by atoms with Crippen molar-refractivity contribution < 1.29 is 17.9 Å². The molecule has 0 aliphatic carbocycles. The molecular formula is C10H14FN3O3S. The Morgan fingerprint density at radius 3 is 2.83 bits per heavy atom. The van der Waals surface area contributed by atoms with Gasteiger partial charge < -0.3 is 10.4 Å². The van der Waals surface area contributed by atoms with E-state index >= 15 is 0 Å². The fraction of sp³-hybridized carbons (Fsp3) is 0.500. The van der Waals surface area contributed by atoms with Gasteiger partial charge >= 0.3 is 0 Å². The lowest BCUT2D eigenvalue weighted by Gasteiger charge is -2.25. The number of nitrogens with one attached hydrogen (secondary N) is 1. The Hall–Kier alpha value is -1.09. The summed E-state index contributed by atoms with van der Waals surface area (Å²) in [5.41, 5.74) is 0. The third kappa shape index (κ3) is 2.24. The second-order valence-electron chi connectivity index (χ2n) is 4.10. The monoisotopic (exact) mass is 275 g/mol. The highest BCUT2D eigenvalue weighted by Crippen LogP contribution is 2.19. The van der Waals surface area contributed by atoms with E-state index in [2.05, 4.69) is 10.3 Å². The van der Waals surface area contributed by atoms with Gasteiger partial charge in [-0.3, -0.25) is 0 Å². The average molecular weight is 275 g/mol. The van der Waals surface area contributed by atoms with E-state index in [4.69, 9.17) is 0 Å². The fourth-order valence-corrected chi connectivity index (χ4v) is 3.25. The molecule has 1 saturated heterocycles. The van der Waals surface area contributed by atoms with Crippen LogP contribution in [0.1, 0.15) is 0 Å². The van der Waals surface area contributed by atoms with Crippen LogP contribution in [-0.2, 0) is 10.0 Å². The van der Waals surface area contributed by atoms with Gasteiger partial charge in [0.05, 0.1) is 12.1 Å². The first kappa shape index (κ1) is 13.3. The molecule has 0 spiro atoms. The van der Waals surface area contributed by atoms with Crippen LogP contribution in [0.4, 0.5) is 4.39 Å². The predicted molar refractivity (Wildman–Crippen MR) is 61.8 cm³/mol. The van der Waals surface area contributed by atoms with Gasteiger partial charge in [-0.15, -0.1) is 0 Å². The molecule has 2 N–H and O–H groups in total. The normalized spacial score (nSPS) is 24.7. The molecule has 18 heavy (non-hydrogen) atoms. The molecule has 2 heterocycles. The number of β-amino-alcohol motifs (C(OH)–C–C–N with tert-alkyl or cyclic N) is 1. The molecule has 0 amide bonds. The van der Waals surface area contributed by atoms with Crippen LogP contribution in [-0.4, -0.2) is 55.1 Å². The third-order valence-corrected chi connectivity index (χ3v) is 4.78. The standard InChI is InChI=1S/C10H14FN3O3S/c1-14(8-5-12-6-9(8)15)18(16,17)10-7(11)3-2-4-13-10/h2-4,8-9,12,15H,5-6H2,1H3/t8-,9-/m1/s1. The maximum absolute atomic E-state index is 13.5. The average Bonchev–Trinajstić information content (AvgIpc) is 2.74. The summed E-state index contributed by atoms with van der Waals surface area (Å²) in [4.78, 5) is 3.56. The van der Waals surface area contributed by atoms with E-state index in [1.54, 1.807) is 0 Å². The van der Waals surface area contributed by atoms with Gasteiger partial charge in [0.1, 0.15) is 0 Å². The molecule has 1 aromatic heterocycles. The quantitative estimate of drug-likeness (QED) is 0.752. The SMILES string of the molecule is CN([C@@H]1CNC[C@H]1O)S(=O)(=O)c1ncccc1F. The number of rotatable bonds is 3. The highest BCUT2D eigenvalue weighted by Gasteiger charge is 2.37. The van der Waals surface area contributed by atoms with Gasteiger partial charge in [0, 0.05) is 26.3 Å². The van der Waals surface area contributed by atoms with Crippen molar-refractivity contribution in [2.45, 2.75) is 17.2 Å². The van der Waals surface area contributed by atoms with Gasteiger partial charge in [0.2, 0.25) is 5.03 Å². The molecule has 1 aromatic rings. The smallest absolute Gasteiger partial charge is 0.263 e. The van der Waals surface area contributed by atoms with Crippen molar-refractivity contribution in [2.24, 2.45) is 0 Å². The summed E-state index contributed by atoms with van der Waals surface area (Å²) in [5, 5.41) is 11.9. The van der Waals surface area contributed by atoms with Crippen molar-refractivity contribution in [3.8, 4) is 0 Å². The predicted octanol–water partition coefficient (Wildman–Crippen LogP) is -0.826. The molecule has 1 aliphatic rings. The summed E-state index contributed by atoms with van der Waals surface area (Å²) in [6, 6.07) is 1.74. The molecule has 0 radical (unpaired) electrons. The minimum absolute atomic E-state index is 0.315. The number of aliphatic hydroxyl groups is 1. The Labute approximate surface area is 105 Å². The van der Waals surface area contributed by atoms with Crippen LogP contribution in [0.3, 0.4) is 0 Å². The van der Waals surface area contributed by atoms with Gasteiger partial charge in [-0.1, -0.05) is 0 Å². The molecule has 1 fully saturated rings. The van der Waals surface area contributed by atoms with Crippen molar-refractivity contribution in [1.29, 1.82) is 0 Å². The van der Waals surface area contributed by atoms with Crippen LogP contribution in [0.5, 0.6) is 0 Å². The Morgan fingerprint density at radius 2 is 2.28 bits per heavy atom. The van der Waals surface area contributed by atoms with E-state index in [9.17, 15) is 17.9 Å². The Bertz CT molecular complexity index is 537. The van der Waals surface area contributed by atoms with Crippen LogP contribution in [0.25, 0.3) is 0 Å². The zero-order valence-electron chi connectivity index (χ0n) is 9.75. The number of pyridine rings is 1. The molecule has 0 aromatic carbocycles. The Morgan fingerprint density at radius 1 is 1.56 bits per heavy atom. The van der Waals surface area contributed by atoms with E-state index in [1.807, 2.05) is 0 Å². The minimum atomic E-state index is -4.04. The van der Waals surface area contributed by atoms with E-state index in [1.165, 1.54) is 19.3 Å². The molecule has 0 bridgehead atoms. The molecule has 0 unspecified atom stereocenters. The zero-order chi connectivity index (χ0) is 13.3. The number of sulfonamides is 1. The summed E-state index contributed by atoms with van der Waals surface area (Å²) in [6.45, 7) is 0.639. The number of aliphatic hydroxyl groups excluding tert-OH is 1. The number of hydrogen-bond acceptors (Lipinski definition) is 5. The summed E-state index contributed by atoms with van der Waals surface area (Å²) in [6.07, 6.45) is 0.407. The minimum Gasteiger partial charge on any atom is -0.390 e. The van der Waals surface area contributed by atoms with E-state index < -0.39 is 33.0 Å². The van der Waals surface area contributed by atoms with Crippen LogP contribution < -0.4 is 5.32 Å². The van der Waals surface area contributed by atoms with Crippen LogP contribution >= 0.6 is 0 Å². The fourth-order valence-electron chi connectivity index (χ4n) is 1.90. The molecule has 0 saturated carbocycles. The van der Waals surface area contributed by atoms with Gasteiger partial charge in [-0.25, -0.2) is 17.8 Å². The highest BCUT2D eigenvalue weighted by atomic mass is 32.2. The molecule has 100 valence electrons. The first-order chi connectivity index (χ1) is 8.44. The summed E-state index contributed by atoms with van der Waals surface area (Å²) in [7, 11) is -2.73. The number of aromatic nitrogens is 1. The molecule has 8 heteroatoms. The number of nitrogens with zero attached hydrogens (tertiary/aromatic N) is 2. The maximum Gasteiger partial charge on any atom is 0.263 e. The molecule has 2 atom stereocenters. The van der Waals surface area contributed by atoms with E-state index in [0.29, 0.717) is 13.1 Å². The van der Waals surface area contributed by atoms with E-state index in [-0.39, 0.29) is 0 Å². The zero-order valence-corrected chi connectivity index (χ0v) is 10.6. The lowest BCUT2D eigenvalue weighted by molar-refractivity contribution is 0.136. The Balaban J connectivity index is 2.34. The van der Waals surface area contributed by atoms with Crippen LogP contribution in [0, 0.1) is 5.82 Å². The van der Waals surface area contributed by atoms with Crippen molar-refractivity contribution in [3.05, 3.63) is 24.1 Å². The first-order valence-corrected chi connectivity index (χ1v) is 6.86. The van der Waals surface area contributed by atoms with E-state index in [0.717, 1.165) is 10.4 Å². The van der Waals surface area contributed by atoms with Crippen molar-refractivity contribution in [2.75, 3.05) is 20.1 Å². The second-order valence-corrected chi connectivity index (χ2v) is 6.02. The first-order valence-electron chi connectivity index (χ1n) is 5.42. The van der Waals surface area contributed by atoms with Gasteiger partial charge in [0.15, 0.2) is 5.82 Å². The van der Waals surface area contributed by atoms with Crippen molar-refractivity contribution in [3.63, 3.8) is 0 Å². The summed E-state index contributed by atoms with van der Waals surface area (Å²) < 4.78 is 38.8. The largest absolute Gasteiger partial charge is 0.390 e. The molecule has 6 nitrogen and oxygen atoms in total.